The largest absolute Gasteiger partial charge is 0.481 e. The minimum Gasteiger partial charge on any atom is -0.481 e. The number of aromatic nitrogens is 5. The van der Waals surface area contributed by atoms with Gasteiger partial charge in [-0.25, -0.2) is 18.4 Å². The number of carbonyl (C=O) groups excluding carboxylic acids is 1. The molecule has 11 heteroatoms. The number of hydrogen-bond acceptors (Lipinski definition) is 5. The molecule has 2 aromatic heterocycles. The summed E-state index contributed by atoms with van der Waals surface area (Å²) in [5, 5.41) is 17.6. The highest BCUT2D eigenvalue weighted by molar-refractivity contribution is 5.96. The van der Waals surface area contributed by atoms with Crippen LogP contribution < -0.4 is 4.90 Å². The predicted molar refractivity (Wildman–Crippen MR) is 144 cm³/mol. The molecule has 2 fully saturated rings. The first-order valence-corrected chi connectivity index (χ1v) is 13.6. The van der Waals surface area contributed by atoms with Gasteiger partial charge in [0, 0.05) is 43.2 Å². The summed E-state index contributed by atoms with van der Waals surface area (Å²) in [4.78, 5) is 31.0. The van der Waals surface area contributed by atoms with E-state index in [4.69, 9.17) is 4.98 Å². The molecule has 1 aliphatic heterocycles. The van der Waals surface area contributed by atoms with Crippen molar-refractivity contribution in [3.63, 3.8) is 0 Å². The molecule has 0 bridgehead atoms. The zero-order chi connectivity index (χ0) is 28.1. The number of anilines is 1. The number of halogens is 2. The first kappa shape index (κ1) is 26.1. The van der Waals surface area contributed by atoms with Crippen LogP contribution in [-0.4, -0.2) is 41.5 Å². The average Bonchev–Trinajstić information content (AvgIpc) is 3.59. The molecule has 1 saturated heterocycles. The maximum atomic E-state index is 14.2. The smallest absolute Gasteiger partial charge is 0.303 e. The summed E-state index contributed by atoms with van der Waals surface area (Å²) in [5.41, 5.74) is 4.56. The van der Waals surface area contributed by atoms with Gasteiger partial charge in [0.1, 0.15) is 5.82 Å². The maximum absolute atomic E-state index is 14.2. The van der Waals surface area contributed by atoms with Gasteiger partial charge in [-0.1, -0.05) is 11.3 Å². The summed E-state index contributed by atoms with van der Waals surface area (Å²) >= 11 is 0. The number of amides is 1. The summed E-state index contributed by atoms with van der Waals surface area (Å²) < 4.78 is 31.9. The van der Waals surface area contributed by atoms with E-state index in [-0.39, 0.29) is 30.7 Å². The van der Waals surface area contributed by atoms with E-state index in [1.165, 1.54) is 11.0 Å². The van der Waals surface area contributed by atoms with E-state index in [2.05, 4.69) is 14.9 Å². The Morgan fingerprint density at radius 3 is 2.50 bits per heavy atom. The summed E-state index contributed by atoms with van der Waals surface area (Å²) in [6.07, 6.45) is 4.06. The topological polar surface area (TPSA) is 106 Å². The first-order valence-electron chi connectivity index (χ1n) is 13.6. The van der Waals surface area contributed by atoms with Crippen LogP contribution in [-0.2, 0) is 16.6 Å². The first-order chi connectivity index (χ1) is 19.2. The Morgan fingerprint density at radius 2 is 1.82 bits per heavy atom. The van der Waals surface area contributed by atoms with E-state index in [0.29, 0.717) is 17.9 Å². The summed E-state index contributed by atoms with van der Waals surface area (Å²) in [7, 11) is 1.84. The van der Waals surface area contributed by atoms with Gasteiger partial charge < -0.3 is 14.6 Å². The van der Waals surface area contributed by atoms with Gasteiger partial charge in [-0.2, -0.15) is 0 Å². The zero-order valence-electron chi connectivity index (χ0n) is 22.3. The van der Waals surface area contributed by atoms with Crippen molar-refractivity contribution in [2.75, 3.05) is 4.90 Å². The molecule has 1 aliphatic carbocycles. The molecular formula is C29H30F2N6O3. The molecule has 6 rings (SSSR count). The molecule has 3 heterocycles. The minimum atomic E-state index is -1.01. The molecule has 1 atom stereocenters. The van der Waals surface area contributed by atoms with E-state index in [9.17, 15) is 23.5 Å². The van der Waals surface area contributed by atoms with Gasteiger partial charge in [-0.15, -0.1) is 5.10 Å². The minimum absolute atomic E-state index is 0.0681. The highest BCUT2D eigenvalue weighted by Gasteiger charge is 2.39. The van der Waals surface area contributed by atoms with Gasteiger partial charge in [0.25, 0.3) is 0 Å². The standard InChI is InChI=1S/C29H30F2N6O3/c1-16-28(35(2)34-33-16)18-5-10-24-23(14-18)32-29(37(24)19-6-3-17(4-7-19)13-27(39)40)25-11-12-26(38)36(25)20-8-9-21(30)22(31)15-20/h5,8-10,14-15,17,19,25H,3-4,6-7,11-13H2,1-2H3,(H,39,40). The summed E-state index contributed by atoms with van der Waals surface area (Å²) in [6.45, 7) is 1.90. The number of carboxylic acid groups (broad SMARTS) is 1. The molecule has 1 amide bonds. The Morgan fingerprint density at radius 1 is 1.05 bits per heavy atom. The van der Waals surface area contributed by atoms with Crippen LogP contribution in [0.1, 0.15) is 68.5 Å². The molecule has 208 valence electrons. The van der Waals surface area contributed by atoms with Crippen LogP contribution in [0.5, 0.6) is 0 Å². The second-order valence-corrected chi connectivity index (χ2v) is 10.9. The van der Waals surface area contributed by atoms with E-state index >= 15 is 0 Å². The molecule has 2 aromatic carbocycles. The number of rotatable bonds is 6. The lowest BCUT2D eigenvalue weighted by Gasteiger charge is -2.32. The number of fused-ring (bicyclic) bond motifs is 1. The molecule has 9 nitrogen and oxygen atoms in total. The van der Waals surface area contributed by atoms with Gasteiger partial charge in [-0.05, 0) is 69.2 Å². The third kappa shape index (κ3) is 4.52. The van der Waals surface area contributed by atoms with Crippen LogP contribution in [0, 0.1) is 24.5 Å². The van der Waals surface area contributed by atoms with Gasteiger partial charge in [0.2, 0.25) is 5.91 Å². The highest BCUT2D eigenvalue weighted by Crippen LogP contribution is 2.43. The lowest BCUT2D eigenvalue weighted by atomic mass is 9.84. The van der Waals surface area contributed by atoms with E-state index < -0.39 is 23.6 Å². The van der Waals surface area contributed by atoms with Crippen molar-refractivity contribution in [2.24, 2.45) is 13.0 Å². The van der Waals surface area contributed by atoms with Crippen molar-refractivity contribution in [1.82, 2.24) is 24.5 Å². The Hall–Kier alpha value is -4.15. The fraction of sp³-hybridized carbons (Fsp3) is 0.414. The predicted octanol–water partition coefficient (Wildman–Crippen LogP) is 5.49. The summed E-state index contributed by atoms with van der Waals surface area (Å²) in [6, 6.07) is 9.17. The molecule has 0 radical (unpaired) electrons. The van der Waals surface area contributed by atoms with E-state index in [1.807, 2.05) is 32.2 Å². The lowest BCUT2D eigenvalue weighted by Crippen LogP contribution is -2.30. The number of carbonyl (C=O) groups is 2. The molecule has 0 spiro atoms. The molecule has 1 unspecified atom stereocenters. The Bertz CT molecular complexity index is 1600. The van der Waals surface area contributed by atoms with Crippen molar-refractivity contribution >= 4 is 28.6 Å². The number of hydrogen-bond donors (Lipinski definition) is 1. The van der Waals surface area contributed by atoms with Crippen molar-refractivity contribution in [3.8, 4) is 11.3 Å². The Labute approximate surface area is 229 Å². The highest BCUT2D eigenvalue weighted by atomic mass is 19.2. The Kier molecular flexibility index (Phi) is 6.59. The molecule has 1 N–H and O–H groups in total. The molecule has 1 saturated carbocycles. The second-order valence-electron chi connectivity index (χ2n) is 10.9. The molecule has 4 aromatic rings. The fourth-order valence-corrected chi connectivity index (χ4v) is 6.48. The van der Waals surface area contributed by atoms with Gasteiger partial charge >= 0.3 is 5.97 Å². The SMILES string of the molecule is Cc1nnn(C)c1-c1ccc2c(c1)nc(C1CCC(=O)N1c1ccc(F)c(F)c1)n2C1CCC(CC(=O)O)CC1. The maximum Gasteiger partial charge on any atom is 0.303 e. The number of aliphatic carboxylic acids is 1. The molecular weight excluding hydrogens is 518 g/mol. The van der Waals surface area contributed by atoms with Crippen molar-refractivity contribution in [3.05, 3.63) is 59.6 Å². The number of benzene rings is 2. The Balaban J connectivity index is 1.46. The van der Waals surface area contributed by atoms with Crippen LogP contribution >= 0.6 is 0 Å². The zero-order valence-corrected chi connectivity index (χ0v) is 22.3. The number of imidazole rings is 1. The lowest BCUT2D eigenvalue weighted by molar-refractivity contribution is -0.138. The monoisotopic (exact) mass is 548 g/mol. The van der Waals surface area contributed by atoms with Crippen molar-refractivity contribution in [1.29, 1.82) is 0 Å². The normalized spacial score (nSPS) is 21.4. The van der Waals surface area contributed by atoms with Gasteiger partial charge in [0.05, 0.1) is 28.5 Å². The van der Waals surface area contributed by atoms with E-state index in [0.717, 1.165) is 65.8 Å². The van der Waals surface area contributed by atoms with Gasteiger partial charge in [-0.3, -0.25) is 9.59 Å². The second kappa shape index (κ2) is 10.1. The quantitative estimate of drug-likeness (QED) is 0.341. The van der Waals surface area contributed by atoms with E-state index in [1.54, 1.807) is 4.68 Å². The van der Waals surface area contributed by atoms with Crippen LogP contribution in [0.15, 0.2) is 36.4 Å². The van der Waals surface area contributed by atoms with Crippen molar-refractivity contribution in [2.45, 2.75) is 64.0 Å². The van der Waals surface area contributed by atoms with Crippen LogP contribution in [0.2, 0.25) is 0 Å². The fourth-order valence-electron chi connectivity index (χ4n) is 6.48. The van der Waals surface area contributed by atoms with Crippen LogP contribution in [0.25, 0.3) is 22.3 Å². The number of carboxylic acids is 1. The molecule has 40 heavy (non-hydrogen) atoms. The average molecular weight is 549 g/mol. The van der Waals surface area contributed by atoms with Gasteiger partial charge in [0.15, 0.2) is 11.6 Å². The van der Waals surface area contributed by atoms with Crippen molar-refractivity contribution < 1.29 is 23.5 Å². The summed E-state index contributed by atoms with van der Waals surface area (Å²) in [5.74, 6) is -2.10. The number of nitrogens with zero attached hydrogens (tertiary/aromatic N) is 6. The third-order valence-electron chi connectivity index (χ3n) is 8.32. The third-order valence-corrected chi connectivity index (χ3v) is 8.32. The van der Waals surface area contributed by atoms with Crippen LogP contribution in [0.4, 0.5) is 14.5 Å². The van der Waals surface area contributed by atoms with Crippen LogP contribution in [0.3, 0.4) is 0 Å². The number of aryl methyl sites for hydroxylation is 2. The molecule has 2 aliphatic rings.